The highest BCUT2D eigenvalue weighted by molar-refractivity contribution is 5.29. The molecule has 0 heterocycles. The molecule has 1 nitrogen and oxygen atoms in total. The quantitative estimate of drug-likeness (QED) is 0.359. The largest absolute Gasteiger partial charge is 0.494 e. The monoisotopic (exact) mass is 354 g/mol. The molecule has 0 atom stereocenters. The second-order valence-corrected chi connectivity index (χ2v) is 7.00. The Morgan fingerprint density at radius 1 is 1.08 bits per heavy atom. The van der Waals surface area contributed by atoms with Gasteiger partial charge in [0.1, 0.15) is 5.75 Å². The number of halogens is 3. The molecule has 1 aromatic carbocycles. The van der Waals surface area contributed by atoms with E-state index in [1.807, 2.05) is 12.1 Å². The van der Waals surface area contributed by atoms with Crippen molar-refractivity contribution in [2.45, 2.75) is 70.4 Å². The second kappa shape index (κ2) is 9.88. The van der Waals surface area contributed by atoms with E-state index in [1.54, 1.807) is 0 Å². The lowest BCUT2D eigenvalue weighted by molar-refractivity contribution is -0.136. The van der Waals surface area contributed by atoms with Crippen LogP contribution in [0.1, 0.15) is 69.8 Å². The van der Waals surface area contributed by atoms with Crippen molar-refractivity contribution >= 4 is 0 Å². The fourth-order valence-corrected chi connectivity index (χ4v) is 3.58. The van der Waals surface area contributed by atoms with Gasteiger partial charge < -0.3 is 4.74 Å². The van der Waals surface area contributed by atoms with Crippen LogP contribution >= 0.6 is 0 Å². The van der Waals surface area contributed by atoms with Crippen molar-refractivity contribution < 1.29 is 17.9 Å². The smallest absolute Gasteiger partial charge is 0.389 e. The molecule has 0 bridgehead atoms. The van der Waals surface area contributed by atoms with Crippen LogP contribution in [-0.4, -0.2) is 12.8 Å². The summed E-state index contributed by atoms with van der Waals surface area (Å²) in [5, 5.41) is 0. The summed E-state index contributed by atoms with van der Waals surface area (Å²) < 4.78 is 41.7. The molecule has 1 saturated carbocycles. The van der Waals surface area contributed by atoms with Crippen LogP contribution in [0.5, 0.6) is 5.75 Å². The van der Waals surface area contributed by atoms with E-state index < -0.39 is 12.6 Å². The molecule has 0 amide bonds. The predicted octanol–water partition coefficient (Wildman–Crippen LogP) is 7.04. The van der Waals surface area contributed by atoms with E-state index in [4.69, 9.17) is 4.74 Å². The molecule has 1 fully saturated rings. The third-order valence-corrected chi connectivity index (χ3v) is 5.05. The lowest BCUT2D eigenvalue weighted by atomic mass is 9.77. The summed E-state index contributed by atoms with van der Waals surface area (Å²) in [5.74, 6) is 2.12. The molecular weight excluding hydrogens is 325 g/mol. The molecule has 0 aromatic heterocycles. The highest BCUT2D eigenvalue weighted by atomic mass is 19.4. The molecule has 0 N–H and O–H groups in total. The van der Waals surface area contributed by atoms with Gasteiger partial charge >= 0.3 is 6.18 Å². The van der Waals surface area contributed by atoms with E-state index in [0.717, 1.165) is 5.92 Å². The van der Waals surface area contributed by atoms with Crippen LogP contribution in [0.2, 0.25) is 0 Å². The van der Waals surface area contributed by atoms with Crippen molar-refractivity contribution in [2.75, 3.05) is 6.61 Å². The van der Waals surface area contributed by atoms with Crippen molar-refractivity contribution in [3.63, 3.8) is 0 Å². The van der Waals surface area contributed by atoms with Crippen LogP contribution in [0.15, 0.2) is 36.4 Å². The number of ether oxygens (including phenoxy) is 1. The molecular formula is C21H29F3O. The number of allylic oxidation sites excluding steroid dienone is 2. The van der Waals surface area contributed by atoms with Gasteiger partial charge in [0.05, 0.1) is 6.61 Å². The summed E-state index contributed by atoms with van der Waals surface area (Å²) in [4.78, 5) is 0. The Kier molecular flexibility index (Phi) is 7.86. The van der Waals surface area contributed by atoms with Crippen LogP contribution in [0.4, 0.5) is 13.2 Å². The highest BCUT2D eigenvalue weighted by Crippen LogP contribution is 2.38. The summed E-state index contributed by atoms with van der Waals surface area (Å²) in [7, 11) is 0. The zero-order valence-corrected chi connectivity index (χ0v) is 15.0. The lowest BCUT2D eigenvalue weighted by Crippen LogP contribution is -2.13. The maximum atomic E-state index is 12.1. The molecule has 25 heavy (non-hydrogen) atoms. The zero-order chi connectivity index (χ0) is 18.1. The molecule has 0 saturated heterocycles. The van der Waals surface area contributed by atoms with Crippen LogP contribution < -0.4 is 4.74 Å². The maximum absolute atomic E-state index is 12.1. The third-order valence-electron chi connectivity index (χ3n) is 5.05. The Balaban J connectivity index is 1.71. The van der Waals surface area contributed by atoms with Crippen molar-refractivity contribution in [1.82, 2.24) is 0 Å². The lowest BCUT2D eigenvalue weighted by Gasteiger charge is -2.28. The van der Waals surface area contributed by atoms with Gasteiger partial charge in [0.2, 0.25) is 0 Å². The van der Waals surface area contributed by atoms with E-state index >= 15 is 0 Å². The molecule has 0 unspecified atom stereocenters. The first-order valence-corrected chi connectivity index (χ1v) is 9.38. The standard InChI is InChI=1S/C21H29F3O/c1-2-3-4-6-17-7-9-18(10-8-17)19-11-13-20(14-12-19)25-16-5-15-21(22,23)24/h2-3,11-14,17-18H,4-10,15-16H2,1H3/b3-2+. The number of rotatable bonds is 8. The Morgan fingerprint density at radius 3 is 2.36 bits per heavy atom. The molecule has 0 aliphatic heterocycles. The minimum atomic E-state index is -4.10. The van der Waals surface area contributed by atoms with Crippen molar-refractivity contribution in [2.24, 2.45) is 5.92 Å². The van der Waals surface area contributed by atoms with E-state index in [9.17, 15) is 13.2 Å². The molecule has 1 aromatic rings. The first-order valence-electron chi connectivity index (χ1n) is 9.38. The molecule has 4 heteroatoms. The van der Waals surface area contributed by atoms with Gasteiger partial charge in [0.15, 0.2) is 0 Å². The Bertz CT molecular complexity index is 511. The van der Waals surface area contributed by atoms with Gasteiger partial charge in [-0.1, -0.05) is 24.3 Å². The van der Waals surface area contributed by atoms with Gasteiger partial charge in [-0.05, 0) is 81.4 Å². The number of hydrogen-bond donors (Lipinski definition) is 0. The first kappa shape index (κ1) is 19.9. The Hall–Kier alpha value is -1.45. The summed E-state index contributed by atoms with van der Waals surface area (Å²) in [6.07, 6.45) is 7.00. The Labute approximate surface area is 149 Å². The zero-order valence-electron chi connectivity index (χ0n) is 15.0. The van der Waals surface area contributed by atoms with Crippen molar-refractivity contribution in [1.29, 1.82) is 0 Å². The normalized spacial score (nSPS) is 21.6. The summed E-state index contributed by atoms with van der Waals surface area (Å²) in [6.45, 7) is 2.18. The van der Waals surface area contributed by atoms with E-state index in [0.29, 0.717) is 11.7 Å². The van der Waals surface area contributed by atoms with Crippen LogP contribution in [0.25, 0.3) is 0 Å². The Morgan fingerprint density at radius 2 is 1.76 bits per heavy atom. The van der Waals surface area contributed by atoms with Crippen molar-refractivity contribution in [3.05, 3.63) is 42.0 Å². The topological polar surface area (TPSA) is 9.23 Å². The molecule has 140 valence electrons. The van der Waals surface area contributed by atoms with Crippen LogP contribution in [-0.2, 0) is 0 Å². The molecule has 1 aliphatic rings. The minimum absolute atomic E-state index is 0.00246. The molecule has 1 aliphatic carbocycles. The van der Waals surface area contributed by atoms with Gasteiger partial charge in [-0.25, -0.2) is 0 Å². The highest BCUT2D eigenvalue weighted by Gasteiger charge is 2.26. The average molecular weight is 354 g/mol. The fraction of sp³-hybridized carbons (Fsp3) is 0.619. The third kappa shape index (κ3) is 7.54. The molecule has 0 radical (unpaired) electrons. The second-order valence-electron chi connectivity index (χ2n) is 7.00. The summed E-state index contributed by atoms with van der Waals surface area (Å²) in [6, 6.07) is 7.93. The molecule has 2 rings (SSSR count). The average Bonchev–Trinajstić information content (AvgIpc) is 2.59. The van der Waals surface area contributed by atoms with Gasteiger partial charge in [0.25, 0.3) is 0 Å². The summed E-state index contributed by atoms with van der Waals surface area (Å²) >= 11 is 0. The van der Waals surface area contributed by atoms with E-state index in [-0.39, 0.29) is 13.0 Å². The van der Waals surface area contributed by atoms with Crippen LogP contribution in [0.3, 0.4) is 0 Å². The maximum Gasteiger partial charge on any atom is 0.389 e. The van der Waals surface area contributed by atoms with Gasteiger partial charge in [-0.3, -0.25) is 0 Å². The first-order chi connectivity index (χ1) is 12.0. The minimum Gasteiger partial charge on any atom is -0.494 e. The summed E-state index contributed by atoms with van der Waals surface area (Å²) in [5.41, 5.74) is 1.33. The van der Waals surface area contributed by atoms with Gasteiger partial charge in [-0.2, -0.15) is 13.2 Å². The predicted molar refractivity (Wildman–Crippen MR) is 96.0 cm³/mol. The number of alkyl halides is 3. The van der Waals surface area contributed by atoms with Gasteiger partial charge in [-0.15, -0.1) is 0 Å². The molecule has 0 spiro atoms. The van der Waals surface area contributed by atoms with Crippen molar-refractivity contribution in [3.8, 4) is 5.75 Å². The number of hydrogen-bond acceptors (Lipinski definition) is 1. The number of benzene rings is 1. The van der Waals surface area contributed by atoms with Gasteiger partial charge in [0, 0.05) is 6.42 Å². The van der Waals surface area contributed by atoms with E-state index in [2.05, 4.69) is 31.2 Å². The fourth-order valence-electron chi connectivity index (χ4n) is 3.58. The SMILES string of the molecule is C/C=C/CCC1CCC(c2ccc(OCCCC(F)(F)F)cc2)CC1. The van der Waals surface area contributed by atoms with E-state index in [1.165, 1.54) is 44.1 Å². The van der Waals surface area contributed by atoms with Crippen LogP contribution in [0, 0.1) is 5.92 Å².